The maximum absolute atomic E-state index is 5.74. The number of aromatic nitrogens is 3. The third-order valence-electron chi connectivity index (χ3n) is 2.32. The molecule has 1 aliphatic heterocycles. The predicted octanol–water partition coefficient (Wildman–Crippen LogP) is 0.722. The van der Waals surface area contributed by atoms with Crippen LogP contribution < -0.4 is 10.6 Å². The van der Waals surface area contributed by atoms with Gasteiger partial charge in [0.2, 0.25) is 17.2 Å². The number of anilines is 2. The van der Waals surface area contributed by atoms with Gasteiger partial charge in [-0.1, -0.05) is 0 Å². The molecule has 0 unspecified atom stereocenters. The number of hydrogen-bond acceptors (Lipinski definition) is 6. The van der Waals surface area contributed by atoms with Gasteiger partial charge in [0, 0.05) is 13.1 Å². The Kier molecular flexibility index (Phi) is 2.86. The minimum atomic E-state index is -0.216. The first-order valence-corrected chi connectivity index (χ1v) is 5.40. The Balaban J connectivity index is 2.23. The average molecular weight is 244 g/mol. The molecule has 0 spiro atoms. The summed E-state index contributed by atoms with van der Waals surface area (Å²) in [6.07, 6.45) is 0. The Bertz CT molecular complexity index is 377. The lowest BCUT2D eigenvalue weighted by Crippen LogP contribution is -2.49. The van der Waals surface area contributed by atoms with Crippen molar-refractivity contribution in [2.45, 2.75) is 19.4 Å². The molecule has 7 heteroatoms. The van der Waals surface area contributed by atoms with Crippen LogP contribution in [-0.4, -0.2) is 40.2 Å². The summed E-state index contributed by atoms with van der Waals surface area (Å²) in [5, 5.41) is 0.117. The number of rotatable bonds is 1. The molecule has 1 aromatic heterocycles. The molecule has 2 rings (SSSR count). The Hall–Kier alpha value is -1.14. The van der Waals surface area contributed by atoms with Crippen LogP contribution in [0.4, 0.5) is 11.9 Å². The van der Waals surface area contributed by atoms with Crippen LogP contribution in [0.3, 0.4) is 0 Å². The van der Waals surface area contributed by atoms with E-state index in [2.05, 4.69) is 15.0 Å². The predicted molar refractivity (Wildman–Crippen MR) is 61.5 cm³/mol. The van der Waals surface area contributed by atoms with E-state index in [0.717, 1.165) is 6.54 Å². The lowest BCUT2D eigenvalue weighted by molar-refractivity contribution is -0.0281. The third kappa shape index (κ3) is 2.51. The standard InChI is InChI=1S/C9H14ClN5O/c1-9(2)5-15(3-4-16-9)8-13-6(10)12-7(11)14-8/h3-5H2,1-2H3,(H2,11,12,13,14). The molecule has 16 heavy (non-hydrogen) atoms. The number of nitrogen functional groups attached to an aromatic ring is 1. The number of morpholine rings is 1. The van der Waals surface area contributed by atoms with Crippen LogP contribution in [-0.2, 0) is 4.74 Å². The van der Waals surface area contributed by atoms with Gasteiger partial charge in [-0.15, -0.1) is 0 Å². The molecule has 1 fully saturated rings. The number of halogens is 1. The molecule has 0 atom stereocenters. The maximum Gasteiger partial charge on any atom is 0.231 e. The topological polar surface area (TPSA) is 77.2 Å². The normalized spacial score (nSPS) is 19.8. The Labute approximate surface area is 98.8 Å². The van der Waals surface area contributed by atoms with Gasteiger partial charge >= 0.3 is 0 Å². The second kappa shape index (κ2) is 4.03. The van der Waals surface area contributed by atoms with Crippen molar-refractivity contribution >= 4 is 23.5 Å². The van der Waals surface area contributed by atoms with E-state index in [0.29, 0.717) is 19.1 Å². The molecule has 6 nitrogen and oxygen atoms in total. The minimum Gasteiger partial charge on any atom is -0.372 e. The highest BCUT2D eigenvalue weighted by atomic mass is 35.5. The molecule has 0 aliphatic carbocycles. The van der Waals surface area contributed by atoms with E-state index >= 15 is 0 Å². The van der Waals surface area contributed by atoms with E-state index in [-0.39, 0.29) is 16.8 Å². The fraction of sp³-hybridized carbons (Fsp3) is 0.667. The van der Waals surface area contributed by atoms with Crippen LogP contribution in [0.25, 0.3) is 0 Å². The quantitative estimate of drug-likeness (QED) is 0.783. The summed E-state index contributed by atoms with van der Waals surface area (Å²) in [5.74, 6) is 0.646. The zero-order valence-corrected chi connectivity index (χ0v) is 10.0. The van der Waals surface area contributed by atoms with Crippen LogP contribution >= 0.6 is 11.6 Å². The monoisotopic (exact) mass is 243 g/mol. The molecule has 0 saturated carbocycles. The van der Waals surface area contributed by atoms with Gasteiger partial charge in [0.25, 0.3) is 0 Å². The van der Waals surface area contributed by atoms with E-state index in [9.17, 15) is 0 Å². The summed E-state index contributed by atoms with van der Waals surface area (Å²) < 4.78 is 5.60. The Morgan fingerprint density at radius 3 is 2.75 bits per heavy atom. The molecular weight excluding hydrogens is 230 g/mol. The molecule has 1 aliphatic rings. The second-order valence-corrected chi connectivity index (χ2v) is 4.63. The molecule has 0 radical (unpaired) electrons. The van der Waals surface area contributed by atoms with Crippen molar-refractivity contribution in [3.63, 3.8) is 0 Å². The Morgan fingerprint density at radius 2 is 2.12 bits per heavy atom. The van der Waals surface area contributed by atoms with E-state index < -0.39 is 0 Å². The minimum absolute atomic E-state index is 0.117. The van der Waals surface area contributed by atoms with Crippen molar-refractivity contribution in [3.8, 4) is 0 Å². The molecule has 88 valence electrons. The molecular formula is C9H14ClN5O. The molecule has 2 N–H and O–H groups in total. The first kappa shape index (κ1) is 11.3. The number of nitrogens with zero attached hydrogens (tertiary/aromatic N) is 4. The van der Waals surface area contributed by atoms with Crippen LogP contribution in [0.2, 0.25) is 5.28 Å². The first-order chi connectivity index (χ1) is 7.46. The van der Waals surface area contributed by atoms with Gasteiger partial charge in [-0.05, 0) is 25.4 Å². The van der Waals surface area contributed by atoms with Crippen molar-refractivity contribution in [1.29, 1.82) is 0 Å². The van der Waals surface area contributed by atoms with E-state index in [1.54, 1.807) is 0 Å². The fourth-order valence-electron chi connectivity index (χ4n) is 1.68. The number of ether oxygens (including phenoxy) is 1. The largest absolute Gasteiger partial charge is 0.372 e. The number of hydrogen-bond donors (Lipinski definition) is 1. The van der Waals surface area contributed by atoms with Gasteiger partial charge in [-0.2, -0.15) is 15.0 Å². The fourth-order valence-corrected chi connectivity index (χ4v) is 1.85. The van der Waals surface area contributed by atoms with Crippen molar-refractivity contribution in [1.82, 2.24) is 15.0 Å². The van der Waals surface area contributed by atoms with E-state index in [4.69, 9.17) is 22.1 Å². The van der Waals surface area contributed by atoms with Gasteiger partial charge in [0.15, 0.2) is 0 Å². The number of nitrogens with two attached hydrogens (primary N) is 1. The lowest BCUT2D eigenvalue weighted by atomic mass is 10.1. The van der Waals surface area contributed by atoms with Gasteiger partial charge in [0.05, 0.1) is 12.2 Å². The zero-order valence-electron chi connectivity index (χ0n) is 9.27. The van der Waals surface area contributed by atoms with Crippen LogP contribution in [0.5, 0.6) is 0 Å². The lowest BCUT2D eigenvalue weighted by Gasteiger charge is -2.38. The third-order valence-corrected chi connectivity index (χ3v) is 2.49. The van der Waals surface area contributed by atoms with Crippen molar-refractivity contribution < 1.29 is 4.74 Å². The molecule has 1 aromatic rings. The second-order valence-electron chi connectivity index (χ2n) is 4.29. The molecule has 1 saturated heterocycles. The van der Waals surface area contributed by atoms with Crippen molar-refractivity contribution in [2.75, 3.05) is 30.3 Å². The highest BCUT2D eigenvalue weighted by molar-refractivity contribution is 6.28. The van der Waals surface area contributed by atoms with Crippen molar-refractivity contribution in [2.24, 2.45) is 0 Å². The zero-order chi connectivity index (χ0) is 11.8. The maximum atomic E-state index is 5.74. The van der Waals surface area contributed by atoms with Gasteiger partial charge in [-0.25, -0.2) is 0 Å². The van der Waals surface area contributed by atoms with Crippen LogP contribution in [0.1, 0.15) is 13.8 Å². The van der Waals surface area contributed by atoms with Crippen molar-refractivity contribution in [3.05, 3.63) is 5.28 Å². The smallest absolute Gasteiger partial charge is 0.231 e. The first-order valence-electron chi connectivity index (χ1n) is 5.02. The summed E-state index contributed by atoms with van der Waals surface area (Å²) in [5.41, 5.74) is 5.31. The van der Waals surface area contributed by atoms with Gasteiger partial charge in [0.1, 0.15) is 0 Å². The SMILES string of the molecule is CC1(C)CN(c2nc(N)nc(Cl)n2)CCO1. The molecule has 0 bridgehead atoms. The highest BCUT2D eigenvalue weighted by Gasteiger charge is 2.28. The van der Waals surface area contributed by atoms with Crippen LogP contribution in [0.15, 0.2) is 0 Å². The van der Waals surface area contributed by atoms with E-state index in [1.165, 1.54) is 0 Å². The summed E-state index contributed by atoms with van der Waals surface area (Å²) in [6.45, 7) is 6.10. The van der Waals surface area contributed by atoms with Gasteiger partial charge < -0.3 is 15.4 Å². The summed E-state index contributed by atoms with van der Waals surface area (Å²) in [7, 11) is 0. The summed E-state index contributed by atoms with van der Waals surface area (Å²) in [6, 6.07) is 0. The summed E-state index contributed by atoms with van der Waals surface area (Å²) in [4.78, 5) is 13.8. The molecule has 0 aromatic carbocycles. The van der Waals surface area contributed by atoms with E-state index in [1.807, 2.05) is 18.7 Å². The van der Waals surface area contributed by atoms with Gasteiger partial charge in [-0.3, -0.25) is 0 Å². The molecule has 2 heterocycles. The Morgan fingerprint density at radius 1 is 1.38 bits per heavy atom. The van der Waals surface area contributed by atoms with Crippen LogP contribution in [0, 0.1) is 0 Å². The average Bonchev–Trinajstić information content (AvgIpc) is 2.14. The summed E-state index contributed by atoms with van der Waals surface area (Å²) >= 11 is 5.74. The molecule has 0 amide bonds. The highest BCUT2D eigenvalue weighted by Crippen LogP contribution is 2.21.